The molecule has 0 aliphatic heterocycles. The highest BCUT2D eigenvalue weighted by Gasteiger charge is 2.07. The molecule has 0 aliphatic rings. The zero-order chi connectivity index (χ0) is 15.2. The predicted octanol–water partition coefficient (Wildman–Crippen LogP) is 4.55. The standard InChI is InChI=1S/C16H14Cl3NO/c17-13-6-5-11(15(19)10-13)7-8-20-16(21)9-12-3-1-2-4-14(12)18/h1-6,10H,7-9H2,(H,20,21). The summed E-state index contributed by atoms with van der Waals surface area (Å²) < 4.78 is 0. The lowest BCUT2D eigenvalue weighted by Crippen LogP contribution is -2.27. The van der Waals surface area contributed by atoms with Gasteiger partial charge < -0.3 is 5.32 Å². The van der Waals surface area contributed by atoms with Crippen LogP contribution >= 0.6 is 34.8 Å². The normalized spacial score (nSPS) is 10.4. The molecule has 0 fully saturated rings. The summed E-state index contributed by atoms with van der Waals surface area (Å²) in [6.45, 7) is 0.518. The van der Waals surface area contributed by atoms with Gasteiger partial charge in [-0.3, -0.25) is 4.79 Å². The third-order valence-electron chi connectivity index (χ3n) is 3.04. The molecule has 110 valence electrons. The van der Waals surface area contributed by atoms with E-state index in [0.717, 1.165) is 11.1 Å². The van der Waals surface area contributed by atoms with Crippen molar-refractivity contribution < 1.29 is 4.79 Å². The summed E-state index contributed by atoms with van der Waals surface area (Å²) in [5, 5.41) is 4.68. The maximum absolute atomic E-state index is 11.9. The SMILES string of the molecule is O=C(Cc1ccccc1Cl)NCCc1ccc(Cl)cc1Cl. The lowest BCUT2D eigenvalue weighted by atomic mass is 10.1. The Hall–Kier alpha value is -1.22. The summed E-state index contributed by atoms with van der Waals surface area (Å²) in [7, 11) is 0. The number of halogens is 3. The van der Waals surface area contributed by atoms with Crippen LogP contribution in [-0.2, 0) is 17.6 Å². The molecule has 0 saturated heterocycles. The first kappa shape index (κ1) is 16.2. The predicted molar refractivity (Wildman–Crippen MR) is 88.3 cm³/mol. The minimum Gasteiger partial charge on any atom is -0.355 e. The molecule has 2 nitrogen and oxygen atoms in total. The first-order valence-corrected chi connectivity index (χ1v) is 7.63. The number of carbonyl (C=O) groups excluding carboxylic acids is 1. The third-order valence-corrected chi connectivity index (χ3v) is 4.00. The molecule has 0 heterocycles. The Bertz CT molecular complexity index is 643. The van der Waals surface area contributed by atoms with E-state index in [2.05, 4.69) is 5.32 Å². The molecule has 21 heavy (non-hydrogen) atoms. The molecule has 0 aromatic heterocycles. The molecule has 0 bridgehead atoms. The van der Waals surface area contributed by atoms with Gasteiger partial charge in [-0.15, -0.1) is 0 Å². The summed E-state index contributed by atoms with van der Waals surface area (Å²) in [5.74, 6) is -0.0619. The highest BCUT2D eigenvalue weighted by molar-refractivity contribution is 6.35. The van der Waals surface area contributed by atoms with Gasteiger partial charge in [0, 0.05) is 21.6 Å². The van der Waals surface area contributed by atoms with Crippen molar-refractivity contribution in [2.24, 2.45) is 0 Å². The topological polar surface area (TPSA) is 29.1 Å². The molecule has 5 heteroatoms. The van der Waals surface area contributed by atoms with Gasteiger partial charge in [-0.05, 0) is 35.7 Å². The van der Waals surface area contributed by atoms with Crippen LogP contribution in [-0.4, -0.2) is 12.5 Å². The number of amides is 1. The molecule has 2 aromatic carbocycles. The van der Waals surface area contributed by atoms with Gasteiger partial charge in [0.15, 0.2) is 0 Å². The summed E-state index contributed by atoms with van der Waals surface area (Å²) in [6.07, 6.45) is 0.929. The number of hydrogen-bond acceptors (Lipinski definition) is 1. The van der Waals surface area contributed by atoms with Crippen molar-refractivity contribution >= 4 is 40.7 Å². The van der Waals surface area contributed by atoms with Crippen molar-refractivity contribution in [3.8, 4) is 0 Å². The Kier molecular flexibility index (Phi) is 5.92. The smallest absolute Gasteiger partial charge is 0.224 e. The molecule has 0 radical (unpaired) electrons. The molecule has 0 unspecified atom stereocenters. The maximum Gasteiger partial charge on any atom is 0.224 e. The van der Waals surface area contributed by atoms with E-state index in [0.29, 0.717) is 28.0 Å². The summed E-state index contributed by atoms with van der Waals surface area (Å²) in [4.78, 5) is 11.9. The molecule has 0 saturated carbocycles. The molecular formula is C16H14Cl3NO. The molecule has 1 N–H and O–H groups in total. The molecule has 2 aromatic rings. The summed E-state index contributed by atoms with van der Waals surface area (Å²) in [6, 6.07) is 12.7. The van der Waals surface area contributed by atoms with Crippen LogP contribution in [0.3, 0.4) is 0 Å². The second kappa shape index (κ2) is 7.69. The quantitative estimate of drug-likeness (QED) is 0.848. The maximum atomic E-state index is 11.9. The van der Waals surface area contributed by atoms with E-state index in [1.54, 1.807) is 18.2 Å². The van der Waals surface area contributed by atoms with Crippen LogP contribution in [0.4, 0.5) is 0 Å². The molecular weight excluding hydrogens is 329 g/mol. The van der Waals surface area contributed by atoms with E-state index in [1.807, 2.05) is 24.3 Å². The summed E-state index contributed by atoms with van der Waals surface area (Å²) >= 11 is 17.9. The van der Waals surface area contributed by atoms with Gasteiger partial charge in [0.05, 0.1) is 6.42 Å². The van der Waals surface area contributed by atoms with Crippen molar-refractivity contribution in [2.45, 2.75) is 12.8 Å². The minimum atomic E-state index is -0.0619. The molecule has 0 aliphatic carbocycles. The van der Waals surface area contributed by atoms with Crippen LogP contribution in [0.15, 0.2) is 42.5 Å². The van der Waals surface area contributed by atoms with Crippen LogP contribution in [0.2, 0.25) is 15.1 Å². The molecule has 0 atom stereocenters. The number of nitrogens with one attached hydrogen (secondary N) is 1. The second-order valence-electron chi connectivity index (χ2n) is 4.60. The second-order valence-corrected chi connectivity index (χ2v) is 5.85. The van der Waals surface area contributed by atoms with E-state index in [9.17, 15) is 4.79 Å². The largest absolute Gasteiger partial charge is 0.355 e. The Morgan fingerprint density at radius 3 is 2.43 bits per heavy atom. The fraction of sp³-hybridized carbons (Fsp3) is 0.188. The van der Waals surface area contributed by atoms with Crippen molar-refractivity contribution in [2.75, 3.05) is 6.54 Å². The number of rotatable bonds is 5. The van der Waals surface area contributed by atoms with Crippen molar-refractivity contribution in [3.05, 3.63) is 68.7 Å². The minimum absolute atomic E-state index is 0.0619. The highest BCUT2D eigenvalue weighted by atomic mass is 35.5. The van der Waals surface area contributed by atoms with Gasteiger partial charge in [0.1, 0.15) is 0 Å². The van der Waals surface area contributed by atoms with Crippen molar-refractivity contribution in [1.82, 2.24) is 5.32 Å². The van der Waals surface area contributed by atoms with Gasteiger partial charge >= 0.3 is 0 Å². The zero-order valence-electron chi connectivity index (χ0n) is 11.2. The van der Waals surface area contributed by atoms with E-state index in [-0.39, 0.29) is 12.3 Å². The van der Waals surface area contributed by atoms with Gasteiger partial charge in [0.25, 0.3) is 0 Å². The molecule has 0 spiro atoms. The fourth-order valence-corrected chi connectivity index (χ4v) is 2.64. The van der Waals surface area contributed by atoms with Crippen LogP contribution in [0.25, 0.3) is 0 Å². The molecule has 1 amide bonds. The van der Waals surface area contributed by atoms with Gasteiger partial charge in [-0.2, -0.15) is 0 Å². The van der Waals surface area contributed by atoms with Crippen LogP contribution in [0.1, 0.15) is 11.1 Å². The Labute approximate surface area is 139 Å². The Balaban J connectivity index is 1.83. The Morgan fingerprint density at radius 1 is 0.952 bits per heavy atom. The van der Waals surface area contributed by atoms with Crippen LogP contribution in [0, 0.1) is 0 Å². The Morgan fingerprint density at radius 2 is 1.71 bits per heavy atom. The van der Waals surface area contributed by atoms with Crippen molar-refractivity contribution in [3.63, 3.8) is 0 Å². The van der Waals surface area contributed by atoms with Crippen LogP contribution in [0.5, 0.6) is 0 Å². The first-order valence-electron chi connectivity index (χ1n) is 6.50. The van der Waals surface area contributed by atoms with Crippen molar-refractivity contribution in [1.29, 1.82) is 0 Å². The monoisotopic (exact) mass is 341 g/mol. The van der Waals surface area contributed by atoms with Gasteiger partial charge in [0.2, 0.25) is 5.91 Å². The zero-order valence-corrected chi connectivity index (χ0v) is 13.5. The number of benzene rings is 2. The average molecular weight is 343 g/mol. The van der Waals surface area contributed by atoms with E-state index in [4.69, 9.17) is 34.8 Å². The average Bonchev–Trinajstić information content (AvgIpc) is 2.44. The van der Waals surface area contributed by atoms with E-state index in [1.165, 1.54) is 0 Å². The molecule has 2 rings (SSSR count). The summed E-state index contributed by atoms with van der Waals surface area (Å²) in [5.41, 5.74) is 1.78. The highest BCUT2D eigenvalue weighted by Crippen LogP contribution is 2.21. The lowest BCUT2D eigenvalue weighted by molar-refractivity contribution is -0.120. The number of hydrogen-bond donors (Lipinski definition) is 1. The van der Waals surface area contributed by atoms with Crippen LogP contribution < -0.4 is 5.32 Å². The van der Waals surface area contributed by atoms with E-state index < -0.39 is 0 Å². The number of carbonyl (C=O) groups is 1. The third kappa shape index (κ3) is 4.92. The lowest BCUT2D eigenvalue weighted by Gasteiger charge is -2.08. The van der Waals surface area contributed by atoms with Gasteiger partial charge in [-0.1, -0.05) is 59.1 Å². The van der Waals surface area contributed by atoms with Gasteiger partial charge in [-0.25, -0.2) is 0 Å². The first-order chi connectivity index (χ1) is 10.1. The van der Waals surface area contributed by atoms with E-state index >= 15 is 0 Å². The fourth-order valence-electron chi connectivity index (χ4n) is 1.94.